The highest BCUT2D eigenvalue weighted by molar-refractivity contribution is 5.36. The van der Waals surface area contributed by atoms with E-state index in [4.69, 9.17) is 9.47 Å². The zero-order chi connectivity index (χ0) is 13.8. The highest BCUT2D eigenvalue weighted by Crippen LogP contribution is 2.27. The maximum Gasteiger partial charge on any atom is 0.126 e. The SMILES string of the molecule is CC(C)c1ccc(F)cc1OCCOC(C)(C)C. The van der Waals surface area contributed by atoms with Crippen LogP contribution in [-0.2, 0) is 4.74 Å². The second-order valence-corrected chi connectivity index (χ2v) is 5.65. The number of hydrogen-bond acceptors (Lipinski definition) is 2. The average Bonchev–Trinajstić information content (AvgIpc) is 2.22. The molecule has 0 atom stereocenters. The van der Waals surface area contributed by atoms with Gasteiger partial charge < -0.3 is 9.47 Å². The smallest absolute Gasteiger partial charge is 0.126 e. The van der Waals surface area contributed by atoms with E-state index in [-0.39, 0.29) is 11.4 Å². The average molecular weight is 254 g/mol. The maximum atomic E-state index is 13.2. The van der Waals surface area contributed by atoms with Crippen LogP contribution < -0.4 is 4.74 Å². The third-order valence-electron chi connectivity index (χ3n) is 2.47. The van der Waals surface area contributed by atoms with E-state index in [1.54, 1.807) is 6.07 Å². The van der Waals surface area contributed by atoms with Gasteiger partial charge in [0.1, 0.15) is 18.2 Å². The lowest BCUT2D eigenvalue weighted by molar-refractivity contribution is -0.0164. The minimum Gasteiger partial charge on any atom is -0.491 e. The molecule has 0 aliphatic heterocycles. The molecule has 0 aliphatic rings. The van der Waals surface area contributed by atoms with Gasteiger partial charge in [0.2, 0.25) is 0 Å². The minimum atomic E-state index is -0.272. The second-order valence-electron chi connectivity index (χ2n) is 5.65. The number of halogens is 1. The van der Waals surface area contributed by atoms with E-state index >= 15 is 0 Å². The van der Waals surface area contributed by atoms with E-state index in [9.17, 15) is 4.39 Å². The van der Waals surface area contributed by atoms with Gasteiger partial charge in [-0.25, -0.2) is 4.39 Å². The lowest BCUT2D eigenvalue weighted by atomic mass is 10.0. The van der Waals surface area contributed by atoms with Crippen LogP contribution >= 0.6 is 0 Å². The predicted molar refractivity (Wildman–Crippen MR) is 71.7 cm³/mol. The molecule has 102 valence electrons. The summed E-state index contributed by atoms with van der Waals surface area (Å²) in [7, 11) is 0. The Balaban J connectivity index is 2.58. The Kier molecular flexibility index (Phi) is 5.15. The Morgan fingerprint density at radius 3 is 2.39 bits per heavy atom. The normalized spacial score (nSPS) is 11.9. The first-order valence-corrected chi connectivity index (χ1v) is 6.36. The molecule has 0 unspecified atom stereocenters. The molecular formula is C15H23FO2. The van der Waals surface area contributed by atoms with Crippen LogP contribution in [0.3, 0.4) is 0 Å². The number of rotatable bonds is 5. The molecule has 0 bridgehead atoms. The molecule has 0 aliphatic carbocycles. The molecule has 1 aromatic rings. The largest absolute Gasteiger partial charge is 0.491 e. The standard InChI is InChI=1S/C15H23FO2/c1-11(2)13-7-6-12(16)10-14(13)17-8-9-18-15(3,4)5/h6-7,10-11H,8-9H2,1-5H3. The van der Waals surface area contributed by atoms with Crippen molar-refractivity contribution in [2.75, 3.05) is 13.2 Å². The van der Waals surface area contributed by atoms with Crippen LogP contribution in [0, 0.1) is 5.82 Å². The Morgan fingerprint density at radius 2 is 1.83 bits per heavy atom. The summed E-state index contributed by atoms with van der Waals surface area (Å²) in [4.78, 5) is 0. The van der Waals surface area contributed by atoms with Gasteiger partial charge in [0.05, 0.1) is 12.2 Å². The van der Waals surface area contributed by atoms with Gasteiger partial charge in [0.25, 0.3) is 0 Å². The maximum absolute atomic E-state index is 13.2. The second kappa shape index (κ2) is 6.19. The van der Waals surface area contributed by atoms with Crippen LogP contribution in [0.2, 0.25) is 0 Å². The zero-order valence-corrected chi connectivity index (χ0v) is 11.9. The summed E-state index contributed by atoms with van der Waals surface area (Å²) in [6.45, 7) is 11.0. The van der Waals surface area contributed by atoms with Crippen molar-refractivity contribution < 1.29 is 13.9 Å². The first-order valence-electron chi connectivity index (χ1n) is 6.36. The van der Waals surface area contributed by atoms with Crippen molar-refractivity contribution in [1.82, 2.24) is 0 Å². The zero-order valence-electron chi connectivity index (χ0n) is 11.9. The van der Waals surface area contributed by atoms with Gasteiger partial charge in [-0.05, 0) is 38.3 Å². The Bertz CT molecular complexity index is 381. The molecule has 0 heterocycles. The Hall–Kier alpha value is -1.09. The highest BCUT2D eigenvalue weighted by atomic mass is 19.1. The molecule has 3 heteroatoms. The highest BCUT2D eigenvalue weighted by Gasteiger charge is 2.11. The molecule has 1 rings (SSSR count). The van der Waals surface area contributed by atoms with Crippen LogP contribution in [-0.4, -0.2) is 18.8 Å². The monoisotopic (exact) mass is 254 g/mol. The number of hydrogen-bond donors (Lipinski definition) is 0. The van der Waals surface area contributed by atoms with Crippen LogP contribution in [0.15, 0.2) is 18.2 Å². The van der Waals surface area contributed by atoms with Crippen molar-refractivity contribution in [1.29, 1.82) is 0 Å². The van der Waals surface area contributed by atoms with E-state index in [1.165, 1.54) is 12.1 Å². The molecule has 0 fully saturated rings. The van der Waals surface area contributed by atoms with Crippen molar-refractivity contribution in [2.24, 2.45) is 0 Å². The van der Waals surface area contributed by atoms with Gasteiger partial charge in [0, 0.05) is 6.07 Å². The first-order chi connectivity index (χ1) is 8.29. The predicted octanol–water partition coefficient (Wildman–Crippen LogP) is 4.14. The molecule has 0 radical (unpaired) electrons. The van der Waals surface area contributed by atoms with Crippen LogP contribution in [0.5, 0.6) is 5.75 Å². The van der Waals surface area contributed by atoms with Crippen molar-refractivity contribution in [3.8, 4) is 5.75 Å². The number of benzene rings is 1. The fourth-order valence-corrected chi connectivity index (χ4v) is 1.61. The van der Waals surface area contributed by atoms with Crippen LogP contribution in [0.4, 0.5) is 4.39 Å². The van der Waals surface area contributed by atoms with E-state index in [2.05, 4.69) is 13.8 Å². The molecule has 0 saturated heterocycles. The van der Waals surface area contributed by atoms with Crippen LogP contribution in [0.25, 0.3) is 0 Å². The van der Waals surface area contributed by atoms with E-state index < -0.39 is 0 Å². The van der Waals surface area contributed by atoms with Gasteiger partial charge >= 0.3 is 0 Å². The summed E-state index contributed by atoms with van der Waals surface area (Å²) < 4.78 is 24.4. The van der Waals surface area contributed by atoms with Gasteiger partial charge in [-0.15, -0.1) is 0 Å². The molecular weight excluding hydrogens is 231 g/mol. The summed E-state index contributed by atoms with van der Waals surface area (Å²) in [5.41, 5.74) is 0.846. The molecule has 0 aromatic heterocycles. The fraction of sp³-hybridized carbons (Fsp3) is 0.600. The Labute approximate surface area is 109 Å². The first kappa shape index (κ1) is 15.0. The molecule has 1 aromatic carbocycles. The fourth-order valence-electron chi connectivity index (χ4n) is 1.61. The van der Waals surface area contributed by atoms with Gasteiger partial charge in [-0.1, -0.05) is 19.9 Å². The summed E-state index contributed by atoms with van der Waals surface area (Å²) in [6.07, 6.45) is 0. The van der Waals surface area contributed by atoms with Crippen molar-refractivity contribution >= 4 is 0 Å². The molecule has 18 heavy (non-hydrogen) atoms. The van der Waals surface area contributed by atoms with Crippen molar-refractivity contribution in [2.45, 2.75) is 46.1 Å². The van der Waals surface area contributed by atoms with Gasteiger partial charge in [-0.2, -0.15) is 0 Å². The summed E-state index contributed by atoms with van der Waals surface area (Å²) in [5.74, 6) is 0.651. The lowest BCUT2D eigenvalue weighted by Crippen LogP contribution is -2.22. The molecule has 0 amide bonds. The molecule has 0 spiro atoms. The van der Waals surface area contributed by atoms with Crippen molar-refractivity contribution in [3.05, 3.63) is 29.6 Å². The quantitative estimate of drug-likeness (QED) is 0.735. The third-order valence-corrected chi connectivity index (χ3v) is 2.47. The van der Waals surface area contributed by atoms with Crippen LogP contribution in [0.1, 0.15) is 46.1 Å². The molecule has 2 nitrogen and oxygen atoms in total. The lowest BCUT2D eigenvalue weighted by Gasteiger charge is -2.20. The van der Waals surface area contributed by atoms with Crippen molar-refractivity contribution in [3.63, 3.8) is 0 Å². The number of ether oxygens (including phenoxy) is 2. The van der Waals surface area contributed by atoms with Gasteiger partial charge in [-0.3, -0.25) is 0 Å². The van der Waals surface area contributed by atoms with Gasteiger partial charge in [0.15, 0.2) is 0 Å². The minimum absolute atomic E-state index is 0.174. The third kappa shape index (κ3) is 5.05. The summed E-state index contributed by atoms with van der Waals surface area (Å²) >= 11 is 0. The van der Waals surface area contributed by atoms with E-state index in [0.717, 1.165) is 5.56 Å². The summed E-state index contributed by atoms with van der Waals surface area (Å²) in [5, 5.41) is 0. The summed E-state index contributed by atoms with van der Waals surface area (Å²) in [6, 6.07) is 4.68. The topological polar surface area (TPSA) is 18.5 Å². The molecule has 0 N–H and O–H groups in total. The van der Waals surface area contributed by atoms with E-state index in [0.29, 0.717) is 24.9 Å². The van der Waals surface area contributed by atoms with E-state index in [1.807, 2.05) is 20.8 Å². The Morgan fingerprint density at radius 1 is 1.17 bits per heavy atom. The molecule has 0 saturated carbocycles.